The molecule has 3 saturated carbocycles. The summed E-state index contributed by atoms with van der Waals surface area (Å²) in [5.74, 6) is -0.553. The van der Waals surface area contributed by atoms with Gasteiger partial charge in [0.15, 0.2) is 12.1 Å². The number of carbonyl (C=O) groups excluding carboxylic acids is 1. The fraction of sp³-hybridized carbons (Fsp3) is 0.897. The summed E-state index contributed by atoms with van der Waals surface area (Å²) in [5.41, 5.74) is -2.68. The van der Waals surface area contributed by atoms with Gasteiger partial charge in [0.25, 0.3) is 0 Å². The summed E-state index contributed by atoms with van der Waals surface area (Å²) in [6.45, 7) is 12.4. The molecule has 12 atom stereocenters. The van der Waals surface area contributed by atoms with Crippen LogP contribution in [-0.4, -0.2) is 68.1 Å². The van der Waals surface area contributed by atoms with Crippen LogP contribution in [0.3, 0.4) is 0 Å². The molecule has 0 aromatic heterocycles. The molecule has 1 aliphatic heterocycles. The lowest BCUT2D eigenvalue weighted by atomic mass is 9.44. The molecule has 4 aliphatic carbocycles. The van der Waals surface area contributed by atoms with Crippen LogP contribution in [0.5, 0.6) is 0 Å². The summed E-state index contributed by atoms with van der Waals surface area (Å²) in [4.78, 5) is 13.4. The van der Waals surface area contributed by atoms with Gasteiger partial charge in [-0.3, -0.25) is 4.79 Å². The van der Waals surface area contributed by atoms with Crippen molar-refractivity contribution in [2.75, 3.05) is 0 Å². The molecule has 0 bridgehead atoms. The maximum Gasteiger partial charge on any atom is 0.159 e. The molecule has 0 aromatic carbocycles. The van der Waals surface area contributed by atoms with Crippen molar-refractivity contribution in [3.05, 3.63) is 11.6 Å². The molecule has 0 aromatic rings. The van der Waals surface area contributed by atoms with Crippen molar-refractivity contribution in [3.63, 3.8) is 0 Å². The first kappa shape index (κ1) is 26.8. The predicted molar refractivity (Wildman–Crippen MR) is 134 cm³/mol. The number of hydrogen-bond donors (Lipinski definition) is 4. The molecule has 36 heavy (non-hydrogen) atoms. The third-order valence-corrected chi connectivity index (χ3v) is 11.2. The van der Waals surface area contributed by atoms with Crippen molar-refractivity contribution >= 4 is 5.78 Å². The van der Waals surface area contributed by atoms with Crippen LogP contribution >= 0.6 is 0 Å². The summed E-state index contributed by atoms with van der Waals surface area (Å²) < 4.78 is 12.8. The molecule has 7 heteroatoms. The van der Waals surface area contributed by atoms with Crippen molar-refractivity contribution in [1.82, 2.24) is 0 Å². The van der Waals surface area contributed by atoms with E-state index in [0.29, 0.717) is 30.8 Å². The molecular weight excluding hydrogens is 460 g/mol. The number of rotatable bonds is 4. The van der Waals surface area contributed by atoms with Gasteiger partial charge in [0, 0.05) is 17.3 Å². The third-order valence-electron chi connectivity index (χ3n) is 11.2. The molecular formula is C29H46O7. The highest BCUT2D eigenvalue weighted by atomic mass is 16.7. The Hall–Kier alpha value is -0.830. The van der Waals surface area contributed by atoms with E-state index in [0.717, 1.165) is 12.8 Å². The number of allylic oxidation sites excluding steroid dienone is 1. The number of ketones is 1. The van der Waals surface area contributed by atoms with E-state index >= 15 is 0 Å². The van der Waals surface area contributed by atoms with E-state index in [1.54, 1.807) is 6.08 Å². The Kier molecular flexibility index (Phi) is 6.38. The van der Waals surface area contributed by atoms with Gasteiger partial charge in [-0.2, -0.15) is 0 Å². The fourth-order valence-corrected chi connectivity index (χ4v) is 9.38. The van der Waals surface area contributed by atoms with E-state index in [2.05, 4.69) is 27.7 Å². The van der Waals surface area contributed by atoms with Crippen LogP contribution in [0.15, 0.2) is 11.6 Å². The summed E-state index contributed by atoms with van der Waals surface area (Å²) in [6, 6.07) is 0. The number of fused-ring (bicyclic) bond motifs is 5. The summed E-state index contributed by atoms with van der Waals surface area (Å²) in [5, 5.41) is 45.1. The Bertz CT molecular complexity index is 933. The van der Waals surface area contributed by atoms with Crippen molar-refractivity contribution in [2.24, 2.45) is 34.5 Å². The first-order valence-electron chi connectivity index (χ1n) is 14.0. The molecule has 4 fully saturated rings. The normalized spacial score (nSPS) is 54.8. The molecule has 1 heterocycles. The minimum atomic E-state index is -1.26. The van der Waals surface area contributed by atoms with Gasteiger partial charge in [-0.05, 0) is 87.7 Å². The molecule has 7 nitrogen and oxygen atoms in total. The van der Waals surface area contributed by atoms with Crippen molar-refractivity contribution in [2.45, 2.75) is 128 Å². The second kappa shape index (κ2) is 8.59. The van der Waals surface area contributed by atoms with E-state index in [1.165, 1.54) is 0 Å². The minimum absolute atomic E-state index is 0.0620. The van der Waals surface area contributed by atoms with Crippen LogP contribution in [0.25, 0.3) is 0 Å². The second-order valence-electron chi connectivity index (χ2n) is 13.7. The molecule has 12 unspecified atom stereocenters. The summed E-state index contributed by atoms with van der Waals surface area (Å²) in [7, 11) is 0. The van der Waals surface area contributed by atoms with Crippen LogP contribution in [0.4, 0.5) is 0 Å². The minimum Gasteiger partial charge on any atom is -0.392 e. The Balaban J connectivity index is 1.54. The molecule has 0 spiro atoms. The second-order valence-corrected chi connectivity index (χ2v) is 13.7. The van der Waals surface area contributed by atoms with Gasteiger partial charge < -0.3 is 29.9 Å². The van der Waals surface area contributed by atoms with Gasteiger partial charge in [0.1, 0.15) is 0 Å². The van der Waals surface area contributed by atoms with E-state index in [4.69, 9.17) is 9.47 Å². The number of aliphatic hydroxyl groups excluding tert-OH is 3. The van der Waals surface area contributed by atoms with Crippen molar-refractivity contribution in [1.29, 1.82) is 0 Å². The molecule has 4 N–H and O–H groups in total. The molecule has 5 aliphatic rings. The van der Waals surface area contributed by atoms with E-state index in [9.17, 15) is 25.2 Å². The highest BCUT2D eigenvalue weighted by molar-refractivity contribution is 5.95. The zero-order chi connectivity index (χ0) is 26.4. The lowest BCUT2D eigenvalue weighted by Gasteiger charge is -2.62. The van der Waals surface area contributed by atoms with Crippen LogP contribution in [-0.2, 0) is 14.3 Å². The molecule has 5 rings (SSSR count). The number of ether oxygens (including phenoxy) is 2. The SMILES string of the molecule is CC(C)CCC1OC(C)OC1(C)C1CCC2(O)C3=CC(=O)C4CC(O)C(O)CC4(C)C3C(O)CC12C. The van der Waals surface area contributed by atoms with Crippen LogP contribution in [0.2, 0.25) is 0 Å². The third kappa shape index (κ3) is 3.56. The summed E-state index contributed by atoms with van der Waals surface area (Å²) >= 11 is 0. The lowest BCUT2D eigenvalue weighted by Crippen LogP contribution is -2.66. The van der Waals surface area contributed by atoms with Gasteiger partial charge >= 0.3 is 0 Å². The molecule has 204 valence electrons. The Labute approximate surface area is 215 Å². The number of aliphatic hydroxyl groups is 4. The van der Waals surface area contributed by atoms with Gasteiger partial charge in [-0.25, -0.2) is 0 Å². The lowest BCUT2D eigenvalue weighted by molar-refractivity contribution is -0.189. The molecule has 0 radical (unpaired) electrons. The van der Waals surface area contributed by atoms with E-state index in [1.807, 2.05) is 13.8 Å². The van der Waals surface area contributed by atoms with Crippen LogP contribution in [0.1, 0.15) is 86.5 Å². The highest BCUT2D eigenvalue weighted by Crippen LogP contribution is 2.69. The maximum atomic E-state index is 13.4. The number of carbonyl (C=O) groups is 1. The fourth-order valence-electron chi connectivity index (χ4n) is 9.38. The Morgan fingerprint density at radius 2 is 1.78 bits per heavy atom. The standard InChI is InChI=1S/C29H46O7/c1-15(2)7-8-24-28(6,36-16(3)35-24)23-9-10-29(34)18-12-19(30)17-11-20(31)21(32)13-26(17,4)25(18)22(33)14-27(23,29)5/h12,15-17,20-25,31-34H,7-11,13-14H2,1-6H3. The smallest absolute Gasteiger partial charge is 0.159 e. The maximum absolute atomic E-state index is 13.4. The van der Waals surface area contributed by atoms with Gasteiger partial charge in [0.2, 0.25) is 0 Å². The zero-order valence-corrected chi connectivity index (χ0v) is 22.7. The van der Waals surface area contributed by atoms with Crippen LogP contribution in [0, 0.1) is 34.5 Å². The first-order chi connectivity index (χ1) is 16.7. The van der Waals surface area contributed by atoms with E-state index < -0.39 is 52.2 Å². The summed E-state index contributed by atoms with van der Waals surface area (Å²) in [6.07, 6.45) is 2.35. The van der Waals surface area contributed by atoms with Gasteiger partial charge in [-0.15, -0.1) is 0 Å². The van der Waals surface area contributed by atoms with Crippen molar-refractivity contribution < 1.29 is 34.7 Å². The quantitative estimate of drug-likeness (QED) is 0.463. The predicted octanol–water partition coefficient (Wildman–Crippen LogP) is 3.12. The Morgan fingerprint density at radius 3 is 2.44 bits per heavy atom. The average Bonchev–Trinajstić information content (AvgIpc) is 3.21. The molecule has 0 amide bonds. The average molecular weight is 507 g/mol. The van der Waals surface area contributed by atoms with Crippen molar-refractivity contribution in [3.8, 4) is 0 Å². The monoisotopic (exact) mass is 506 g/mol. The zero-order valence-electron chi connectivity index (χ0n) is 22.7. The van der Waals surface area contributed by atoms with E-state index in [-0.39, 0.29) is 36.9 Å². The highest BCUT2D eigenvalue weighted by Gasteiger charge is 2.72. The molecule has 1 saturated heterocycles. The van der Waals surface area contributed by atoms with Gasteiger partial charge in [-0.1, -0.05) is 27.7 Å². The van der Waals surface area contributed by atoms with Gasteiger partial charge in [0.05, 0.1) is 35.6 Å². The first-order valence-corrected chi connectivity index (χ1v) is 14.0. The topological polar surface area (TPSA) is 116 Å². The largest absolute Gasteiger partial charge is 0.392 e. The number of hydrogen-bond acceptors (Lipinski definition) is 7. The van der Waals surface area contributed by atoms with Crippen LogP contribution < -0.4 is 0 Å². The Morgan fingerprint density at radius 1 is 1.08 bits per heavy atom.